The second-order valence-corrected chi connectivity index (χ2v) is 8.15. The molecule has 0 aliphatic carbocycles. The van der Waals surface area contributed by atoms with Gasteiger partial charge in [0.05, 0.1) is 30.3 Å². The van der Waals surface area contributed by atoms with Gasteiger partial charge in [-0.2, -0.15) is 0 Å². The van der Waals surface area contributed by atoms with Crippen LogP contribution in [0, 0.1) is 20.8 Å². The third-order valence-corrected chi connectivity index (χ3v) is 5.87. The van der Waals surface area contributed by atoms with Crippen molar-refractivity contribution in [3.8, 4) is 5.75 Å². The summed E-state index contributed by atoms with van der Waals surface area (Å²) in [7, 11) is 0. The maximum atomic E-state index is 12.7. The molecule has 0 radical (unpaired) electrons. The Hall–Kier alpha value is -4.07. The zero-order valence-electron chi connectivity index (χ0n) is 18.4. The molecule has 0 saturated heterocycles. The number of carboxylic acid groups (broad SMARTS) is 1. The molecule has 0 fully saturated rings. The number of carboxylic acids is 1. The van der Waals surface area contributed by atoms with Crippen LogP contribution in [0.4, 0.5) is 0 Å². The summed E-state index contributed by atoms with van der Waals surface area (Å²) in [5.74, 6) is -2.05. The fourth-order valence-corrected chi connectivity index (χ4v) is 3.99. The van der Waals surface area contributed by atoms with Gasteiger partial charge in [-0.15, -0.1) is 0 Å². The molecule has 0 saturated carbocycles. The van der Waals surface area contributed by atoms with E-state index in [1.807, 2.05) is 13.0 Å². The predicted octanol–water partition coefficient (Wildman–Crippen LogP) is 2.19. The number of aryl methyl sites for hydroxylation is 3. The van der Waals surface area contributed by atoms with Crippen molar-refractivity contribution >= 4 is 33.8 Å². The maximum Gasteiger partial charge on any atom is 0.340 e. The number of rotatable bonds is 6. The standard InChI is InChI=1S/C25H23NO7/c1-12-11-32-22-14(3)23-18(9-17(12)22)13(2)19(25(31)33-23)10-21(28)26-20(24(29)30)8-15-4-6-16(27)7-5-15/h4-7,9,11,20,27H,8,10H2,1-3H3,(H,26,28)(H,29,30)/p-1/t20-/m0/s1. The topological polar surface area (TPSA) is 133 Å². The van der Waals surface area contributed by atoms with Gasteiger partial charge in [0.25, 0.3) is 0 Å². The summed E-state index contributed by atoms with van der Waals surface area (Å²) in [6, 6.07) is 6.53. The number of furan rings is 1. The molecule has 0 aliphatic heterocycles. The van der Waals surface area contributed by atoms with E-state index in [0.29, 0.717) is 33.2 Å². The van der Waals surface area contributed by atoms with Gasteiger partial charge in [0.1, 0.15) is 16.9 Å². The molecule has 2 N–H and O–H groups in total. The van der Waals surface area contributed by atoms with Gasteiger partial charge in [0.2, 0.25) is 5.91 Å². The molecule has 33 heavy (non-hydrogen) atoms. The quantitative estimate of drug-likeness (QED) is 0.432. The number of phenols is 1. The SMILES string of the molecule is Cc1coc2c(C)c3oc(=O)c(CC(=O)N[C@@H](Cc4ccc(O)cc4)C(=O)[O-])c(C)c3cc12. The number of fused-ring (bicyclic) bond motifs is 2. The van der Waals surface area contributed by atoms with Crippen molar-refractivity contribution in [2.24, 2.45) is 0 Å². The van der Waals surface area contributed by atoms with E-state index in [2.05, 4.69) is 5.32 Å². The summed E-state index contributed by atoms with van der Waals surface area (Å²) in [4.78, 5) is 36.9. The zero-order valence-corrected chi connectivity index (χ0v) is 18.4. The summed E-state index contributed by atoms with van der Waals surface area (Å²) >= 11 is 0. The summed E-state index contributed by atoms with van der Waals surface area (Å²) in [6.45, 7) is 5.44. The molecule has 2 aromatic carbocycles. The Kier molecular flexibility index (Phi) is 5.68. The van der Waals surface area contributed by atoms with Crippen LogP contribution in [0.15, 0.2) is 50.2 Å². The highest BCUT2D eigenvalue weighted by atomic mass is 16.4. The molecular weight excluding hydrogens is 426 g/mol. The Bertz CT molecular complexity index is 1440. The van der Waals surface area contributed by atoms with E-state index in [0.717, 1.165) is 10.9 Å². The first kappa shape index (κ1) is 22.1. The Balaban J connectivity index is 1.63. The molecule has 0 spiro atoms. The lowest BCUT2D eigenvalue weighted by molar-refractivity contribution is -0.308. The highest BCUT2D eigenvalue weighted by Gasteiger charge is 2.21. The molecule has 8 heteroatoms. The van der Waals surface area contributed by atoms with Crippen molar-refractivity contribution < 1.29 is 28.6 Å². The monoisotopic (exact) mass is 448 g/mol. The number of nitrogens with one attached hydrogen (secondary N) is 1. The first-order valence-electron chi connectivity index (χ1n) is 10.4. The minimum absolute atomic E-state index is 0.0311. The second-order valence-electron chi connectivity index (χ2n) is 8.15. The molecule has 170 valence electrons. The van der Waals surface area contributed by atoms with Crippen LogP contribution in [0.5, 0.6) is 5.75 Å². The number of carbonyl (C=O) groups is 2. The summed E-state index contributed by atoms with van der Waals surface area (Å²) in [6.07, 6.45) is 1.26. The molecule has 0 bridgehead atoms. The van der Waals surface area contributed by atoms with Gasteiger partial charge in [-0.3, -0.25) is 4.79 Å². The lowest BCUT2D eigenvalue weighted by Gasteiger charge is -2.20. The van der Waals surface area contributed by atoms with Crippen LogP contribution in [-0.2, 0) is 22.4 Å². The van der Waals surface area contributed by atoms with E-state index in [1.165, 1.54) is 12.1 Å². The lowest BCUT2D eigenvalue weighted by Crippen LogP contribution is -2.49. The van der Waals surface area contributed by atoms with Gasteiger partial charge in [0.15, 0.2) is 0 Å². The Morgan fingerprint density at radius 1 is 1.06 bits per heavy atom. The zero-order chi connectivity index (χ0) is 23.9. The van der Waals surface area contributed by atoms with Crippen molar-refractivity contribution in [3.05, 3.63) is 74.8 Å². The van der Waals surface area contributed by atoms with Crippen molar-refractivity contribution in [1.29, 1.82) is 0 Å². The summed E-state index contributed by atoms with van der Waals surface area (Å²) < 4.78 is 11.1. The van der Waals surface area contributed by atoms with Crippen molar-refractivity contribution in [3.63, 3.8) is 0 Å². The van der Waals surface area contributed by atoms with Gasteiger partial charge in [0, 0.05) is 16.3 Å². The fourth-order valence-electron chi connectivity index (χ4n) is 3.99. The van der Waals surface area contributed by atoms with Crippen molar-refractivity contribution in [2.45, 2.75) is 39.7 Å². The summed E-state index contributed by atoms with van der Waals surface area (Å²) in [5.41, 5.74) is 3.33. The van der Waals surface area contributed by atoms with Crippen LogP contribution in [0.3, 0.4) is 0 Å². The number of aromatic hydroxyl groups is 1. The van der Waals surface area contributed by atoms with Crippen molar-refractivity contribution in [1.82, 2.24) is 5.32 Å². The molecule has 0 unspecified atom stereocenters. The predicted molar refractivity (Wildman–Crippen MR) is 119 cm³/mol. The number of benzene rings is 2. The largest absolute Gasteiger partial charge is 0.548 e. The number of amides is 1. The van der Waals surface area contributed by atoms with Gasteiger partial charge in [-0.25, -0.2) is 4.79 Å². The average molecular weight is 448 g/mol. The Morgan fingerprint density at radius 2 is 1.76 bits per heavy atom. The fraction of sp³-hybridized carbons (Fsp3) is 0.240. The molecule has 1 amide bonds. The third-order valence-electron chi connectivity index (χ3n) is 5.87. The average Bonchev–Trinajstić information content (AvgIpc) is 3.14. The van der Waals surface area contributed by atoms with Gasteiger partial charge >= 0.3 is 5.63 Å². The molecule has 0 aliphatic rings. The molecule has 2 aromatic heterocycles. The Labute approximate surface area is 188 Å². The van der Waals surface area contributed by atoms with E-state index < -0.39 is 23.5 Å². The van der Waals surface area contributed by atoms with E-state index in [-0.39, 0.29) is 24.2 Å². The van der Waals surface area contributed by atoms with Crippen molar-refractivity contribution in [2.75, 3.05) is 0 Å². The number of carbonyl (C=O) groups excluding carboxylic acids is 2. The van der Waals surface area contributed by atoms with Crippen LogP contribution in [0.1, 0.15) is 27.8 Å². The number of phenolic OH excluding ortho intramolecular Hbond substituents is 1. The Morgan fingerprint density at radius 3 is 2.42 bits per heavy atom. The van der Waals surface area contributed by atoms with Crippen LogP contribution >= 0.6 is 0 Å². The molecule has 4 rings (SSSR count). The number of aliphatic carboxylic acids is 1. The molecule has 1 atom stereocenters. The van der Waals surface area contributed by atoms with E-state index in [1.54, 1.807) is 32.2 Å². The first-order valence-corrected chi connectivity index (χ1v) is 10.4. The normalized spacial score (nSPS) is 12.2. The highest BCUT2D eigenvalue weighted by Crippen LogP contribution is 2.32. The smallest absolute Gasteiger partial charge is 0.340 e. The van der Waals surface area contributed by atoms with Crippen LogP contribution in [0.2, 0.25) is 0 Å². The molecule has 8 nitrogen and oxygen atoms in total. The highest BCUT2D eigenvalue weighted by molar-refractivity contribution is 6.00. The first-order chi connectivity index (χ1) is 15.7. The summed E-state index contributed by atoms with van der Waals surface area (Å²) in [5, 5.41) is 24.9. The maximum absolute atomic E-state index is 12.7. The molecule has 4 aromatic rings. The minimum Gasteiger partial charge on any atom is -0.548 e. The number of hydrogen-bond donors (Lipinski definition) is 2. The lowest BCUT2D eigenvalue weighted by atomic mass is 9.99. The molecule has 2 heterocycles. The van der Waals surface area contributed by atoms with E-state index in [9.17, 15) is 24.6 Å². The van der Waals surface area contributed by atoms with Crippen LogP contribution < -0.4 is 16.0 Å². The van der Waals surface area contributed by atoms with E-state index >= 15 is 0 Å². The van der Waals surface area contributed by atoms with Gasteiger partial charge in [-0.1, -0.05) is 12.1 Å². The van der Waals surface area contributed by atoms with Gasteiger partial charge < -0.3 is 29.2 Å². The molecular formula is C25H22NO7-. The minimum atomic E-state index is -1.45. The number of hydrogen-bond acceptors (Lipinski definition) is 7. The van der Waals surface area contributed by atoms with Crippen LogP contribution in [-0.4, -0.2) is 23.0 Å². The van der Waals surface area contributed by atoms with Gasteiger partial charge in [-0.05, 0) is 62.1 Å². The van der Waals surface area contributed by atoms with Crippen LogP contribution in [0.25, 0.3) is 21.9 Å². The third kappa shape index (κ3) is 4.19. The second kappa shape index (κ2) is 8.46. The van der Waals surface area contributed by atoms with E-state index in [4.69, 9.17) is 8.83 Å².